The molecule has 0 fully saturated rings. The van der Waals surface area contributed by atoms with Gasteiger partial charge in [0.05, 0.1) is 16.7 Å². The second kappa shape index (κ2) is 4.01. The van der Waals surface area contributed by atoms with E-state index in [9.17, 15) is 14.5 Å². The van der Waals surface area contributed by atoms with Crippen molar-refractivity contribution in [3.8, 4) is 5.69 Å². The Morgan fingerprint density at radius 2 is 1.76 bits per heavy atom. The molecule has 0 aliphatic heterocycles. The Balaban J connectivity index is 2.64. The fourth-order valence-electron chi connectivity index (χ4n) is 1.87. The van der Waals surface area contributed by atoms with Crippen LogP contribution in [0.15, 0.2) is 30.3 Å². The minimum Gasteiger partial charge on any atom is -0.318 e. The molecular formula is C12H11FN2O2. The van der Waals surface area contributed by atoms with E-state index in [4.69, 9.17) is 0 Å². The van der Waals surface area contributed by atoms with E-state index in [0.717, 1.165) is 17.5 Å². The molecule has 5 heteroatoms. The predicted molar refractivity (Wildman–Crippen MR) is 61.9 cm³/mol. The van der Waals surface area contributed by atoms with Crippen molar-refractivity contribution in [3.05, 3.63) is 57.7 Å². The second-order valence-electron chi connectivity index (χ2n) is 3.88. The zero-order valence-electron chi connectivity index (χ0n) is 9.48. The van der Waals surface area contributed by atoms with E-state index >= 15 is 0 Å². The summed E-state index contributed by atoms with van der Waals surface area (Å²) in [5.74, 6) is -0.610. The lowest BCUT2D eigenvalue weighted by atomic mass is 10.2. The van der Waals surface area contributed by atoms with Crippen LogP contribution < -0.4 is 0 Å². The van der Waals surface area contributed by atoms with Crippen molar-refractivity contribution in [1.29, 1.82) is 0 Å². The highest BCUT2D eigenvalue weighted by atomic mass is 19.1. The normalized spacial score (nSPS) is 10.5. The molecule has 0 saturated carbocycles. The molecule has 1 aromatic carbocycles. The minimum atomic E-state index is -0.610. The summed E-state index contributed by atoms with van der Waals surface area (Å²) in [5.41, 5.74) is 2.04. The summed E-state index contributed by atoms with van der Waals surface area (Å²) in [6.45, 7) is 3.73. The molecule has 17 heavy (non-hydrogen) atoms. The van der Waals surface area contributed by atoms with Crippen molar-refractivity contribution in [2.75, 3.05) is 0 Å². The van der Waals surface area contributed by atoms with E-state index in [1.807, 2.05) is 26.0 Å². The van der Waals surface area contributed by atoms with Crippen molar-refractivity contribution >= 4 is 5.69 Å². The number of halogens is 1. The van der Waals surface area contributed by atoms with E-state index in [2.05, 4.69) is 0 Å². The number of rotatable bonds is 2. The van der Waals surface area contributed by atoms with E-state index in [-0.39, 0.29) is 5.69 Å². The van der Waals surface area contributed by atoms with Crippen LogP contribution in [-0.2, 0) is 0 Å². The molecule has 0 N–H and O–H groups in total. The standard InChI is InChI=1S/C12H11FN2O2/c1-8-3-4-9(2)14(8)11-5-10(13)6-12(7-11)15(16)17/h3-7H,1-2H3. The first-order valence-electron chi connectivity index (χ1n) is 5.09. The Hall–Kier alpha value is -2.17. The van der Waals surface area contributed by atoms with Gasteiger partial charge in [-0.15, -0.1) is 0 Å². The lowest BCUT2D eigenvalue weighted by molar-refractivity contribution is -0.385. The molecule has 0 bridgehead atoms. The van der Waals surface area contributed by atoms with Gasteiger partial charge in [-0.3, -0.25) is 10.1 Å². The number of nitrogens with zero attached hydrogens (tertiary/aromatic N) is 2. The summed E-state index contributed by atoms with van der Waals surface area (Å²) in [5, 5.41) is 10.7. The van der Waals surface area contributed by atoms with Gasteiger partial charge in [0.1, 0.15) is 5.82 Å². The van der Waals surface area contributed by atoms with Gasteiger partial charge in [-0.1, -0.05) is 0 Å². The van der Waals surface area contributed by atoms with Crippen molar-refractivity contribution < 1.29 is 9.31 Å². The van der Waals surface area contributed by atoms with Crippen molar-refractivity contribution in [2.45, 2.75) is 13.8 Å². The largest absolute Gasteiger partial charge is 0.318 e. The Morgan fingerprint density at radius 3 is 2.29 bits per heavy atom. The topological polar surface area (TPSA) is 48.1 Å². The molecule has 0 radical (unpaired) electrons. The number of nitro benzene ring substituents is 1. The Kier molecular flexibility index (Phi) is 2.67. The molecule has 4 nitrogen and oxygen atoms in total. The maximum Gasteiger partial charge on any atom is 0.274 e. The van der Waals surface area contributed by atoms with Gasteiger partial charge in [0, 0.05) is 17.5 Å². The summed E-state index contributed by atoms with van der Waals surface area (Å²) < 4.78 is 15.1. The zero-order valence-corrected chi connectivity index (χ0v) is 9.48. The molecule has 0 atom stereocenters. The average molecular weight is 234 g/mol. The highest BCUT2D eigenvalue weighted by Gasteiger charge is 2.12. The zero-order chi connectivity index (χ0) is 12.6. The Bertz CT molecular complexity index is 571. The first-order chi connectivity index (χ1) is 7.99. The number of hydrogen-bond donors (Lipinski definition) is 0. The first-order valence-corrected chi connectivity index (χ1v) is 5.09. The molecule has 2 aromatic rings. The van der Waals surface area contributed by atoms with Crippen LogP contribution in [0.5, 0.6) is 0 Å². The molecule has 0 aliphatic rings. The fraction of sp³-hybridized carbons (Fsp3) is 0.167. The van der Waals surface area contributed by atoms with Gasteiger partial charge >= 0.3 is 0 Å². The quantitative estimate of drug-likeness (QED) is 0.592. The SMILES string of the molecule is Cc1ccc(C)n1-c1cc(F)cc([N+](=O)[O-])c1. The number of aryl methyl sites for hydroxylation is 2. The summed E-state index contributed by atoms with van der Waals surface area (Å²) >= 11 is 0. The van der Waals surface area contributed by atoms with Gasteiger partial charge in [-0.25, -0.2) is 4.39 Å². The van der Waals surface area contributed by atoms with E-state index in [1.54, 1.807) is 4.57 Å². The molecule has 1 heterocycles. The smallest absolute Gasteiger partial charge is 0.274 e. The minimum absolute atomic E-state index is 0.243. The molecule has 2 rings (SSSR count). The van der Waals surface area contributed by atoms with Gasteiger partial charge < -0.3 is 4.57 Å². The van der Waals surface area contributed by atoms with Crippen LogP contribution >= 0.6 is 0 Å². The third-order valence-electron chi connectivity index (χ3n) is 2.61. The second-order valence-corrected chi connectivity index (χ2v) is 3.88. The summed E-state index contributed by atoms with van der Waals surface area (Å²) in [6.07, 6.45) is 0. The maximum atomic E-state index is 13.3. The molecule has 0 amide bonds. The average Bonchev–Trinajstić information content (AvgIpc) is 2.57. The van der Waals surface area contributed by atoms with Crippen LogP contribution in [-0.4, -0.2) is 9.49 Å². The molecule has 1 aromatic heterocycles. The fourth-order valence-corrected chi connectivity index (χ4v) is 1.87. The molecule has 88 valence electrons. The Labute approximate surface area is 97.5 Å². The van der Waals surface area contributed by atoms with Gasteiger partial charge in [-0.2, -0.15) is 0 Å². The highest BCUT2D eigenvalue weighted by Crippen LogP contribution is 2.22. The molecule has 0 unspecified atom stereocenters. The van der Waals surface area contributed by atoms with E-state index in [1.165, 1.54) is 12.1 Å². The van der Waals surface area contributed by atoms with Crippen molar-refractivity contribution in [1.82, 2.24) is 4.57 Å². The summed E-state index contributed by atoms with van der Waals surface area (Å²) in [4.78, 5) is 10.1. The van der Waals surface area contributed by atoms with Crippen LogP contribution in [0.1, 0.15) is 11.4 Å². The number of hydrogen-bond acceptors (Lipinski definition) is 2. The van der Waals surface area contributed by atoms with Gasteiger partial charge in [0.15, 0.2) is 0 Å². The summed E-state index contributed by atoms with van der Waals surface area (Å²) in [6, 6.07) is 7.33. The molecule has 0 aliphatic carbocycles. The predicted octanol–water partition coefficient (Wildman–Crippen LogP) is 3.14. The van der Waals surface area contributed by atoms with E-state index < -0.39 is 10.7 Å². The van der Waals surface area contributed by atoms with Crippen LogP contribution in [0.2, 0.25) is 0 Å². The molecule has 0 saturated heterocycles. The first kappa shape index (κ1) is 11.3. The molecule has 0 spiro atoms. The van der Waals surface area contributed by atoms with Crippen LogP contribution in [0.25, 0.3) is 5.69 Å². The van der Waals surface area contributed by atoms with E-state index in [0.29, 0.717) is 5.69 Å². The number of benzene rings is 1. The van der Waals surface area contributed by atoms with Gasteiger partial charge in [0.25, 0.3) is 5.69 Å². The van der Waals surface area contributed by atoms with Crippen LogP contribution in [0.3, 0.4) is 0 Å². The molecular weight excluding hydrogens is 223 g/mol. The maximum absolute atomic E-state index is 13.3. The van der Waals surface area contributed by atoms with Crippen LogP contribution in [0, 0.1) is 29.8 Å². The van der Waals surface area contributed by atoms with Crippen molar-refractivity contribution in [2.24, 2.45) is 0 Å². The summed E-state index contributed by atoms with van der Waals surface area (Å²) in [7, 11) is 0. The third kappa shape index (κ3) is 2.04. The highest BCUT2D eigenvalue weighted by molar-refractivity contribution is 5.46. The lowest BCUT2D eigenvalue weighted by Gasteiger charge is -2.09. The van der Waals surface area contributed by atoms with Crippen LogP contribution in [0.4, 0.5) is 10.1 Å². The number of non-ortho nitro benzene ring substituents is 1. The Morgan fingerprint density at radius 1 is 1.18 bits per heavy atom. The van der Waals surface area contributed by atoms with Gasteiger partial charge in [0.2, 0.25) is 0 Å². The lowest BCUT2D eigenvalue weighted by Crippen LogP contribution is -2.00. The number of nitro groups is 1. The van der Waals surface area contributed by atoms with Gasteiger partial charge in [-0.05, 0) is 32.0 Å². The third-order valence-corrected chi connectivity index (χ3v) is 2.61. The number of aromatic nitrogens is 1. The van der Waals surface area contributed by atoms with Crippen molar-refractivity contribution in [3.63, 3.8) is 0 Å². The monoisotopic (exact) mass is 234 g/mol.